The lowest BCUT2D eigenvalue weighted by molar-refractivity contribution is -0.137. The van der Waals surface area contributed by atoms with Gasteiger partial charge in [-0.05, 0) is 78.5 Å². The zero-order chi connectivity index (χ0) is 25.2. The van der Waals surface area contributed by atoms with Crippen LogP contribution in [0.1, 0.15) is 78.9 Å². The van der Waals surface area contributed by atoms with Crippen molar-refractivity contribution in [2.45, 2.75) is 104 Å². The Bertz CT molecular complexity index is 826. The van der Waals surface area contributed by atoms with Crippen molar-refractivity contribution in [1.29, 1.82) is 0 Å². The number of carbonyl (C=O) groups excluding carboxylic acids is 2. The second-order valence-electron chi connectivity index (χ2n) is 10.4. The first kappa shape index (κ1) is 26.8. The minimum atomic E-state index is -4.42. The van der Waals surface area contributed by atoms with Gasteiger partial charge in [-0.2, -0.15) is 13.2 Å². The first-order valence-corrected chi connectivity index (χ1v) is 11.2. The number of hydrazine groups is 1. The molecule has 0 N–H and O–H groups in total. The molecule has 186 valence electrons. The summed E-state index contributed by atoms with van der Waals surface area (Å²) in [5.74, 6) is 0. The Morgan fingerprint density at radius 1 is 0.879 bits per heavy atom. The molecule has 0 saturated carbocycles. The SMILES string of the molecule is CCC[C@@H]1C[C@@H](Cc2ccc(C(F)(F)F)cc2)N(C(=O)OC(C)(C)C)N1C(=O)OC(C)(C)C. The van der Waals surface area contributed by atoms with Gasteiger partial charge in [-0.25, -0.2) is 19.6 Å². The standard InChI is InChI=1S/C24H35F3N2O4/c1-8-9-18-15-19(14-16-10-12-17(13-11-16)24(25,26)27)29(21(31)33-23(5,6)7)28(18)20(30)32-22(2,3)4/h10-13,18-19H,8-9,14-15H2,1-7H3/t18-,19-/m1/s1. The molecule has 33 heavy (non-hydrogen) atoms. The fourth-order valence-electron chi connectivity index (χ4n) is 3.80. The lowest BCUT2D eigenvalue weighted by Gasteiger charge is -2.36. The van der Waals surface area contributed by atoms with Crippen molar-refractivity contribution in [3.8, 4) is 0 Å². The minimum Gasteiger partial charge on any atom is -0.442 e. The topological polar surface area (TPSA) is 59.1 Å². The number of carbonyl (C=O) groups is 2. The molecule has 1 aliphatic rings. The highest BCUT2D eigenvalue weighted by Gasteiger charge is 2.47. The summed E-state index contributed by atoms with van der Waals surface area (Å²) in [7, 11) is 0. The molecule has 0 aliphatic carbocycles. The second kappa shape index (κ2) is 9.81. The zero-order valence-corrected chi connectivity index (χ0v) is 20.5. The molecule has 2 amide bonds. The van der Waals surface area contributed by atoms with E-state index in [1.165, 1.54) is 22.2 Å². The van der Waals surface area contributed by atoms with E-state index in [1.54, 1.807) is 41.5 Å². The van der Waals surface area contributed by atoms with E-state index in [0.29, 0.717) is 18.4 Å². The van der Waals surface area contributed by atoms with Gasteiger partial charge < -0.3 is 9.47 Å². The Morgan fingerprint density at radius 3 is 1.73 bits per heavy atom. The number of hydrogen-bond donors (Lipinski definition) is 0. The monoisotopic (exact) mass is 472 g/mol. The van der Waals surface area contributed by atoms with Crippen LogP contribution >= 0.6 is 0 Å². The van der Waals surface area contributed by atoms with Crippen LogP contribution in [0.25, 0.3) is 0 Å². The number of amides is 2. The Kier molecular flexibility index (Phi) is 7.97. The van der Waals surface area contributed by atoms with Crippen LogP contribution in [0.5, 0.6) is 0 Å². The maximum absolute atomic E-state index is 13.2. The molecule has 0 aromatic heterocycles. The smallest absolute Gasteiger partial charge is 0.429 e. The van der Waals surface area contributed by atoms with E-state index in [9.17, 15) is 22.8 Å². The largest absolute Gasteiger partial charge is 0.442 e. The molecule has 0 bridgehead atoms. The first-order chi connectivity index (χ1) is 15.0. The highest BCUT2D eigenvalue weighted by molar-refractivity contribution is 5.76. The summed E-state index contributed by atoms with van der Waals surface area (Å²) < 4.78 is 50.0. The molecule has 1 aromatic carbocycles. The number of benzene rings is 1. The fraction of sp³-hybridized carbons (Fsp3) is 0.667. The molecule has 2 atom stereocenters. The van der Waals surface area contributed by atoms with E-state index in [2.05, 4.69) is 0 Å². The van der Waals surface area contributed by atoms with Crippen LogP contribution < -0.4 is 0 Å². The van der Waals surface area contributed by atoms with Gasteiger partial charge in [0.05, 0.1) is 17.6 Å². The van der Waals surface area contributed by atoms with Crippen LogP contribution in [0.3, 0.4) is 0 Å². The fourth-order valence-corrected chi connectivity index (χ4v) is 3.80. The molecule has 1 fully saturated rings. The first-order valence-electron chi connectivity index (χ1n) is 11.2. The van der Waals surface area contributed by atoms with E-state index in [4.69, 9.17) is 9.47 Å². The molecule has 1 aromatic rings. The molecular formula is C24H35F3N2O4. The Morgan fingerprint density at radius 2 is 1.33 bits per heavy atom. The van der Waals surface area contributed by atoms with Gasteiger partial charge in [0.15, 0.2) is 0 Å². The van der Waals surface area contributed by atoms with Crippen LogP contribution in [-0.2, 0) is 22.1 Å². The molecule has 2 rings (SSSR count). The second-order valence-corrected chi connectivity index (χ2v) is 10.4. The molecule has 1 heterocycles. The van der Waals surface area contributed by atoms with Crippen molar-refractivity contribution >= 4 is 12.2 Å². The third-order valence-electron chi connectivity index (χ3n) is 5.00. The van der Waals surface area contributed by atoms with Crippen molar-refractivity contribution in [3.63, 3.8) is 0 Å². The lowest BCUT2D eigenvalue weighted by atomic mass is 9.98. The summed E-state index contributed by atoms with van der Waals surface area (Å²) in [4.78, 5) is 26.3. The highest BCUT2D eigenvalue weighted by atomic mass is 19.4. The van der Waals surface area contributed by atoms with Crippen LogP contribution in [0.4, 0.5) is 22.8 Å². The summed E-state index contributed by atoms with van der Waals surface area (Å²) in [5.41, 5.74) is -1.67. The van der Waals surface area contributed by atoms with E-state index >= 15 is 0 Å². The van der Waals surface area contributed by atoms with Crippen molar-refractivity contribution < 1.29 is 32.2 Å². The predicted octanol–water partition coefficient (Wildman–Crippen LogP) is 6.58. The van der Waals surface area contributed by atoms with Gasteiger partial charge in [0.25, 0.3) is 0 Å². The number of hydrogen-bond acceptors (Lipinski definition) is 4. The summed E-state index contributed by atoms with van der Waals surface area (Å²) >= 11 is 0. The van der Waals surface area contributed by atoms with Crippen LogP contribution in [0, 0.1) is 0 Å². The number of rotatable bonds is 4. The van der Waals surface area contributed by atoms with Crippen molar-refractivity contribution in [3.05, 3.63) is 35.4 Å². The van der Waals surface area contributed by atoms with Crippen molar-refractivity contribution in [2.24, 2.45) is 0 Å². The molecule has 0 unspecified atom stereocenters. The average molecular weight is 473 g/mol. The van der Waals surface area contributed by atoms with Gasteiger partial charge in [0.1, 0.15) is 11.2 Å². The molecule has 6 nitrogen and oxygen atoms in total. The maximum Gasteiger partial charge on any atom is 0.429 e. The molecule has 1 aliphatic heterocycles. The van der Waals surface area contributed by atoms with E-state index in [0.717, 1.165) is 18.6 Å². The normalized spacial score (nSPS) is 19.6. The molecule has 0 spiro atoms. The number of halogens is 3. The van der Waals surface area contributed by atoms with E-state index in [-0.39, 0.29) is 12.5 Å². The van der Waals surface area contributed by atoms with Crippen LogP contribution in [-0.4, -0.2) is 45.5 Å². The van der Waals surface area contributed by atoms with Gasteiger partial charge in [0, 0.05) is 0 Å². The van der Waals surface area contributed by atoms with Gasteiger partial charge in [-0.1, -0.05) is 25.5 Å². The summed E-state index contributed by atoms with van der Waals surface area (Å²) in [6.07, 6.45) is -3.61. The summed E-state index contributed by atoms with van der Waals surface area (Å²) in [6, 6.07) is 4.09. The number of alkyl halides is 3. The summed E-state index contributed by atoms with van der Waals surface area (Å²) in [5, 5.41) is 2.62. The Balaban J connectivity index is 2.39. The maximum atomic E-state index is 13.2. The molecular weight excluding hydrogens is 437 g/mol. The van der Waals surface area contributed by atoms with Crippen LogP contribution in [0.2, 0.25) is 0 Å². The van der Waals surface area contributed by atoms with Crippen LogP contribution in [0.15, 0.2) is 24.3 Å². The van der Waals surface area contributed by atoms with Gasteiger partial charge in [-0.15, -0.1) is 0 Å². The number of nitrogens with zero attached hydrogens (tertiary/aromatic N) is 2. The average Bonchev–Trinajstić information content (AvgIpc) is 2.97. The van der Waals surface area contributed by atoms with Gasteiger partial charge >= 0.3 is 18.4 Å². The van der Waals surface area contributed by atoms with Gasteiger partial charge in [-0.3, -0.25) is 0 Å². The Hall–Kier alpha value is -2.45. The lowest BCUT2D eigenvalue weighted by Crippen LogP contribution is -2.53. The third-order valence-corrected chi connectivity index (χ3v) is 5.00. The van der Waals surface area contributed by atoms with Crippen molar-refractivity contribution in [2.75, 3.05) is 0 Å². The van der Waals surface area contributed by atoms with E-state index < -0.39 is 41.2 Å². The third kappa shape index (κ3) is 7.54. The van der Waals surface area contributed by atoms with E-state index in [1.807, 2.05) is 6.92 Å². The quantitative estimate of drug-likeness (QED) is 0.497. The summed E-state index contributed by atoms with van der Waals surface area (Å²) in [6.45, 7) is 12.4. The molecule has 9 heteroatoms. The predicted molar refractivity (Wildman–Crippen MR) is 118 cm³/mol. The highest BCUT2D eigenvalue weighted by Crippen LogP contribution is 2.34. The Labute approximate surface area is 194 Å². The zero-order valence-electron chi connectivity index (χ0n) is 20.5. The minimum absolute atomic E-state index is 0.275. The molecule has 0 radical (unpaired) electrons. The number of ether oxygens (including phenoxy) is 2. The van der Waals surface area contributed by atoms with Crippen molar-refractivity contribution in [1.82, 2.24) is 10.0 Å². The molecule has 1 saturated heterocycles. The van der Waals surface area contributed by atoms with Gasteiger partial charge in [0.2, 0.25) is 0 Å².